The van der Waals surface area contributed by atoms with Crippen molar-refractivity contribution in [2.45, 2.75) is 6.54 Å². The van der Waals surface area contributed by atoms with Crippen LogP contribution in [0.15, 0.2) is 41.7 Å². The van der Waals surface area contributed by atoms with Crippen molar-refractivity contribution in [2.24, 2.45) is 4.99 Å². The molecular formula is C18H23IN6O2. The summed E-state index contributed by atoms with van der Waals surface area (Å²) in [7, 11) is 1.81. The number of piperazine rings is 1. The van der Waals surface area contributed by atoms with Crippen LogP contribution in [0.1, 0.15) is 5.56 Å². The molecule has 144 valence electrons. The van der Waals surface area contributed by atoms with Crippen LogP contribution in [0, 0.1) is 0 Å². The van der Waals surface area contributed by atoms with Gasteiger partial charge >= 0.3 is 0 Å². The van der Waals surface area contributed by atoms with Crippen LogP contribution in [0.25, 0.3) is 0 Å². The van der Waals surface area contributed by atoms with Crippen LogP contribution in [0.5, 0.6) is 11.5 Å². The number of rotatable bonds is 3. The van der Waals surface area contributed by atoms with E-state index in [1.807, 2.05) is 31.3 Å². The van der Waals surface area contributed by atoms with Gasteiger partial charge in [0, 0.05) is 57.7 Å². The lowest BCUT2D eigenvalue weighted by atomic mass is 10.2. The highest BCUT2D eigenvalue weighted by Crippen LogP contribution is 2.35. The van der Waals surface area contributed by atoms with Gasteiger partial charge in [0.1, 0.15) is 0 Å². The molecule has 0 atom stereocenters. The van der Waals surface area contributed by atoms with E-state index in [0.29, 0.717) is 6.54 Å². The van der Waals surface area contributed by atoms with Gasteiger partial charge in [-0.2, -0.15) is 0 Å². The Morgan fingerprint density at radius 3 is 2.63 bits per heavy atom. The molecule has 0 bridgehead atoms. The van der Waals surface area contributed by atoms with Crippen LogP contribution < -0.4 is 19.7 Å². The predicted octanol–water partition coefficient (Wildman–Crippen LogP) is 1.72. The van der Waals surface area contributed by atoms with E-state index >= 15 is 0 Å². The Morgan fingerprint density at radius 2 is 1.89 bits per heavy atom. The first-order valence-electron chi connectivity index (χ1n) is 8.70. The van der Waals surface area contributed by atoms with Crippen molar-refractivity contribution in [3.63, 3.8) is 0 Å². The smallest absolute Gasteiger partial charge is 0.231 e. The van der Waals surface area contributed by atoms with Crippen LogP contribution in [-0.4, -0.2) is 60.8 Å². The van der Waals surface area contributed by atoms with E-state index in [2.05, 4.69) is 30.1 Å². The molecule has 0 amide bonds. The van der Waals surface area contributed by atoms with Crippen LogP contribution in [0.3, 0.4) is 0 Å². The Labute approximate surface area is 175 Å². The summed E-state index contributed by atoms with van der Waals surface area (Å²) in [6.45, 7) is 4.38. The highest BCUT2D eigenvalue weighted by Gasteiger charge is 2.22. The van der Waals surface area contributed by atoms with Crippen molar-refractivity contribution in [1.29, 1.82) is 0 Å². The van der Waals surface area contributed by atoms with Crippen molar-refractivity contribution < 1.29 is 9.47 Å². The van der Waals surface area contributed by atoms with Gasteiger partial charge in [0.25, 0.3) is 0 Å². The normalized spacial score (nSPS) is 16.1. The van der Waals surface area contributed by atoms with Crippen molar-refractivity contribution in [2.75, 3.05) is 44.9 Å². The van der Waals surface area contributed by atoms with Gasteiger partial charge in [0.05, 0.1) is 0 Å². The number of aliphatic imine (C=N–C) groups is 1. The van der Waals surface area contributed by atoms with Crippen LogP contribution in [0.2, 0.25) is 0 Å². The fourth-order valence-electron chi connectivity index (χ4n) is 3.21. The number of nitrogens with one attached hydrogen (secondary N) is 1. The molecule has 0 unspecified atom stereocenters. The molecular weight excluding hydrogens is 459 g/mol. The molecule has 1 aromatic heterocycles. The summed E-state index contributed by atoms with van der Waals surface area (Å²) in [5, 5.41) is 3.43. The van der Waals surface area contributed by atoms with Gasteiger partial charge in [0.2, 0.25) is 12.7 Å². The van der Waals surface area contributed by atoms with E-state index in [0.717, 1.165) is 55.1 Å². The second kappa shape index (κ2) is 9.07. The number of hydrogen-bond acceptors (Lipinski definition) is 6. The number of anilines is 1. The Kier molecular flexibility index (Phi) is 6.54. The van der Waals surface area contributed by atoms with E-state index in [9.17, 15) is 0 Å². The molecule has 4 rings (SSSR count). The SMILES string of the molecule is CN=C(NCc1cccc2c1OCO2)N1CCN(c2ncccn2)CC1.I. The van der Waals surface area contributed by atoms with Gasteiger partial charge in [-0.25, -0.2) is 9.97 Å². The third kappa shape index (κ3) is 4.34. The number of nitrogens with zero attached hydrogens (tertiary/aromatic N) is 5. The van der Waals surface area contributed by atoms with E-state index in [1.165, 1.54) is 0 Å². The fraction of sp³-hybridized carbons (Fsp3) is 0.389. The summed E-state index contributed by atoms with van der Waals surface area (Å²) in [6.07, 6.45) is 3.55. The van der Waals surface area contributed by atoms with Crippen molar-refractivity contribution in [3.05, 3.63) is 42.2 Å². The molecule has 2 aromatic rings. The molecule has 0 saturated carbocycles. The highest BCUT2D eigenvalue weighted by atomic mass is 127. The van der Waals surface area contributed by atoms with Crippen molar-refractivity contribution >= 4 is 35.9 Å². The molecule has 1 N–H and O–H groups in total. The molecule has 27 heavy (non-hydrogen) atoms. The standard InChI is InChI=1S/C18H22N6O2.HI/c1-19-17(22-12-14-4-2-5-15-16(14)26-13-25-15)23-8-10-24(11-9-23)18-20-6-3-7-21-18;/h2-7H,8-13H2,1H3,(H,19,22);1H. The van der Waals surface area contributed by atoms with Crippen molar-refractivity contribution in [1.82, 2.24) is 20.2 Å². The molecule has 0 spiro atoms. The van der Waals surface area contributed by atoms with E-state index in [1.54, 1.807) is 12.4 Å². The summed E-state index contributed by atoms with van der Waals surface area (Å²) in [5.74, 6) is 3.29. The zero-order valence-electron chi connectivity index (χ0n) is 15.2. The van der Waals surface area contributed by atoms with Crippen LogP contribution in [-0.2, 0) is 6.54 Å². The van der Waals surface area contributed by atoms with Gasteiger partial charge in [-0.05, 0) is 12.1 Å². The maximum Gasteiger partial charge on any atom is 0.231 e. The molecule has 0 aliphatic carbocycles. The number of halogens is 1. The van der Waals surface area contributed by atoms with Crippen LogP contribution in [0.4, 0.5) is 5.95 Å². The first-order chi connectivity index (χ1) is 12.8. The molecule has 3 heterocycles. The lowest BCUT2D eigenvalue weighted by Crippen LogP contribution is -2.52. The summed E-state index contributed by atoms with van der Waals surface area (Å²) < 4.78 is 11.0. The van der Waals surface area contributed by atoms with E-state index in [4.69, 9.17) is 9.47 Å². The zero-order chi connectivity index (χ0) is 17.8. The molecule has 9 heteroatoms. The number of ether oxygens (including phenoxy) is 2. The number of aromatic nitrogens is 2. The minimum Gasteiger partial charge on any atom is -0.454 e. The van der Waals surface area contributed by atoms with E-state index in [-0.39, 0.29) is 30.8 Å². The Balaban J connectivity index is 0.00000210. The van der Waals surface area contributed by atoms with Crippen molar-refractivity contribution in [3.8, 4) is 11.5 Å². The monoisotopic (exact) mass is 482 g/mol. The van der Waals surface area contributed by atoms with Gasteiger partial charge in [-0.3, -0.25) is 4.99 Å². The average molecular weight is 482 g/mol. The minimum absolute atomic E-state index is 0. The molecule has 2 aliphatic rings. The lowest BCUT2D eigenvalue weighted by Gasteiger charge is -2.36. The van der Waals surface area contributed by atoms with Gasteiger partial charge in [-0.15, -0.1) is 24.0 Å². The zero-order valence-corrected chi connectivity index (χ0v) is 17.5. The topological polar surface area (TPSA) is 75.1 Å². The summed E-state index contributed by atoms with van der Waals surface area (Å²) in [4.78, 5) is 17.5. The third-order valence-electron chi connectivity index (χ3n) is 4.54. The number of fused-ring (bicyclic) bond motifs is 1. The highest BCUT2D eigenvalue weighted by molar-refractivity contribution is 14.0. The first kappa shape index (κ1) is 19.5. The molecule has 0 radical (unpaired) electrons. The summed E-state index contributed by atoms with van der Waals surface area (Å²) >= 11 is 0. The van der Waals surface area contributed by atoms with Gasteiger partial charge in [0.15, 0.2) is 17.5 Å². The second-order valence-corrected chi connectivity index (χ2v) is 6.07. The van der Waals surface area contributed by atoms with E-state index < -0.39 is 0 Å². The Morgan fingerprint density at radius 1 is 1.11 bits per heavy atom. The average Bonchev–Trinajstić information content (AvgIpc) is 3.19. The second-order valence-electron chi connectivity index (χ2n) is 6.07. The number of guanidine groups is 1. The molecule has 2 aliphatic heterocycles. The van der Waals surface area contributed by atoms with Crippen LogP contribution >= 0.6 is 24.0 Å². The Bertz CT molecular complexity index is 781. The molecule has 1 saturated heterocycles. The summed E-state index contributed by atoms with van der Waals surface area (Å²) in [5.41, 5.74) is 1.07. The number of para-hydroxylation sites is 1. The molecule has 1 aromatic carbocycles. The third-order valence-corrected chi connectivity index (χ3v) is 4.54. The van der Waals surface area contributed by atoms with Gasteiger partial charge < -0.3 is 24.6 Å². The Hall–Kier alpha value is -2.30. The summed E-state index contributed by atoms with van der Waals surface area (Å²) in [6, 6.07) is 7.77. The largest absolute Gasteiger partial charge is 0.454 e. The molecule has 8 nitrogen and oxygen atoms in total. The number of benzene rings is 1. The lowest BCUT2D eigenvalue weighted by molar-refractivity contribution is 0.173. The minimum atomic E-state index is 0. The maximum atomic E-state index is 5.57. The maximum absolute atomic E-state index is 5.57. The molecule has 1 fully saturated rings. The number of hydrogen-bond donors (Lipinski definition) is 1. The predicted molar refractivity (Wildman–Crippen MR) is 114 cm³/mol. The first-order valence-corrected chi connectivity index (χ1v) is 8.70. The fourth-order valence-corrected chi connectivity index (χ4v) is 3.21. The quantitative estimate of drug-likeness (QED) is 0.406. The van der Waals surface area contributed by atoms with Gasteiger partial charge in [-0.1, -0.05) is 12.1 Å².